The first-order valence-electron chi connectivity index (χ1n) is 3.42. The molecule has 0 saturated heterocycles. The first-order valence-corrected chi connectivity index (χ1v) is 4.41. The van der Waals surface area contributed by atoms with Gasteiger partial charge in [0, 0.05) is 11.3 Å². The molecule has 1 aliphatic rings. The van der Waals surface area contributed by atoms with Gasteiger partial charge in [-0.25, -0.2) is 0 Å². The molecular weight excluding hydrogens is 140 g/mol. The molecule has 2 radical (unpaired) electrons. The van der Waals surface area contributed by atoms with Crippen LogP contribution >= 0.6 is 11.8 Å². The lowest BCUT2D eigenvalue weighted by Gasteiger charge is -2.12. The minimum Gasteiger partial charge on any atom is -0.126 e. The number of thioether (sulfide) groups is 1. The van der Waals surface area contributed by atoms with Gasteiger partial charge in [0.15, 0.2) is 0 Å². The highest BCUT2D eigenvalue weighted by atomic mass is 32.2. The van der Waals surface area contributed by atoms with Crippen LogP contribution in [-0.4, -0.2) is 5.75 Å². The Labute approximate surface area is 65.6 Å². The molecule has 0 amide bonds. The summed E-state index contributed by atoms with van der Waals surface area (Å²) in [6.07, 6.45) is 4.44. The van der Waals surface area contributed by atoms with E-state index in [1.807, 2.05) is 11.8 Å². The van der Waals surface area contributed by atoms with Crippen molar-refractivity contribution < 1.29 is 0 Å². The number of hydrogen-bond donors (Lipinski definition) is 0. The first-order chi connectivity index (χ1) is 4.97. The average Bonchev–Trinajstić information content (AvgIpc) is 2.05. The van der Waals surface area contributed by atoms with E-state index in [0.717, 1.165) is 6.42 Å². The van der Waals surface area contributed by atoms with Crippen LogP contribution in [0.3, 0.4) is 0 Å². The third kappa shape index (κ3) is 1.06. The quantitative estimate of drug-likeness (QED) is 0.545. The van der Waals surface area contributed by atoms with E-state index in [1.165, 1.54) is 16.2 Å². The first kappa shape index (κ1) is 6.29. The van der Waals surface area contributed by atoms with Gasteiger partial charge < -0.3 is 0 Å². The molecule has 1 heteroatoms. The van der Waals surface area contributed by atoms with Crippen molar-refractivity contribution in [3.63, 3.8) is 0 Å². The highest BCUT2D eigenvalue weighted by molar-refractivity contribution is 7.99. The molecule has 1 heterocycles. The minimum absolute atomic E-state index is 1.10. The maximum absolute atomic E-state index is 3.34. The molecule has 2 rings (SSSR count). The molecule has 0 aliphatic carbocycles. The second kappa shape index (κ2) is 2.67. The summed E-state index contributed by atoms with van der Waals surface area (Å²) in [6.45, 7) is 0. The Bertz CT molecular complexity index is 205. The fourth-order valence-corrected chi connectivity index (χ4v) is 1.98. The van der Waals surface area contributed by atoms with Gasteiger partial charge in [0.1, 0.15) is 0 Å². The van der Waals surface area contributed by atoms with Crippen LogP contribution in [0.2, 0.25) is 0 Å². The average molecular weight is 148 g/mol. The highest BCUT2D eigenvalue weighted by Crippen LogP contribution is 2.30. The van der Waals surface area contributed by atoms with Gasteiger partial charge in [-0.1, -0.05) is 18.2 Å². The Morgan fingerprint density at radius 2 is 2.20 bits per heavy atom. The largest absolute Gasteiger partial charge is 0.126 e. The molecule has 0 nitrogen and oxygen atoms in total. The van der Waals surface area contributed by atoms with Gasteiger partial charge in [0.2, 0.25) is 0 Å². The zero-order chi connectivity index (χ0) is 6.81. The minimum atomic E-state index is 1.10. The van der Waals surface area contributed by atoms with Crippen LogP contribution in [0, 0.1) is 6.42 Å². The lowest BCUT2D eigenvalue weighted by molar-refractivity contribution is 1.08. The fourth-order valence-electron chi connectivity index (χ4n) is 1.09. The van der Waals surface area contributed by atoms with Crippen LogP contribution in [-0.2, 0) is 0 Å². The smallest absolute Gasteiger partial charge is 0.0185 e. The van der Waals surface area contributed by atoms with Gasteiger partial charge >= 0.3 is 0 Å². The molecule has 0 bridgehead atoms. The molecule has 0 unspecified atom stereocenters. The van der Waals surface area contributed by atoms with E-state index in [1.54, 1.807) is 0 Å². The lowest BCUT2D eigenvalue weighted by Crippen LogP contribution is -1.94. The summed E-state index contributed by atoms with van der Waals surface area (Å²) in [4.78, 5) is 1.38. The molecule has 0 spiro atoms. The van der Waals surface area contributed by atoms with E-state index in [4.69, 9.17) is 0 Å². The molecule has 10 heavy (non-hydrogen) atoms. The Morgan fingerprint density at radius 1 is 1.30 bits per heavy atom. The number of fused-ring (bicyclic) bond motifs is 1. The zero-order valence-electron chi connectivity index (χ0n) is 5.63. The van der Waals surface area contributed by atoms with Crippen molar-refractivity contribution in [1.29, 1.82) is 0 Å². The summed E-state index contributed by atoms with van der Waals surface area (Å²) in [5.74, 6) is 1.19. The Morgan fingerprint density at radius 3 is 3.10 bits per heavy atom. The molecule has 0 fully saturated rings. The maximum atomic E-state index is 3.34. The van der Waals surface area contributed by atoms with Crippen molar-refractivity contribution in [2.45, 2.75) is 11.3 Å². The normalized spacial score (nSPS) is 16.4. The van der Waals surface area contributed by atoms with Crippen molar-refractivity contribution in [2.24, 2.45) is 0 Å². The predicted molar refractivity (Wildman–Crippen MR) is 44.1 cm³/mol. The third-order valence-electron chi connectivity index (χ3n) is 1.56. The predicted octanol–water partition coefficient (Wildman–Crippen LogP) is 2.61. The van der Waals surface area contributed by atoms with Crippen LogP contribution in [0.5, 0.6) is 0 Å². The second-order valence-corrected chi connectivity index (χ2v) is 3.41. The molecule has 0 atom stereocenters. The number of rotatable bonds is 0. The van der Waals surface area contributed by atoms with Gasteiger partial charge in [-0.3, -0.25) is 0 Å². The van der Waals surface area contributed by atoms with E-state index in [-0.39, 0.29) is 0 Å². The van der Waals surface area contributed by atoms with Crippen molar-refractivity contribution >= 4 is 11.8 Å². The Balaban J connectivity index is 2.41. The number of benzene rings is 1. The van der Waals surface area contributed by atoms with Gasteiger partial charge in [-0.2, -0.15) is 0 Å². The van der Waals surface area contributed by atoms with E-state index in [2.05, 4.69) is 30.7 Å². The van der Waals surface area contributed by atoms with E-state index in [0.29, 0.717) is 0 Å². The second-order valence-electron chi connectivity index (χ2n) is 2.27. The van der Waals surface area contributed by atoms with Gasteiger partial charge in [0.05, 0.1) is 0 Å². The molecule has 0 saturated carbocycles. The van der Waals surface area contributed by atoms with Crippen molar-refractivity contribution in [3.8, 4) is 0 Å². The highest BCUT2D eigenvalue weighted by Gasteiger charge is 2.07. The van der Waals surface area contributed by atoms with Gasteiger partial charge in [-0.15, -0.1) is 11.8 Å². The SMILES string of the molecule is [C]1CCSc2ccccc21. The van der Waals surface area contributed by atoms with Crippen LogP contribution in [0.15, 0.2) is 29.2 Å². The Kier molecular flexibility index (Phi) is 1.68. The topological polar surface area (TPSA) is 0 Å². The van der Waals surface area contributed by atoms with Crippen molar-refractivity contribution in [3.05, 3.63) is 36.2 Å². The molecular formula is C9H8S. The van der Waals surface area contributed by atoms with Crippen molar-refractivity contribution in [2.75, 3.05) is 5.75 Å². The van der Waals surface area contributed by atoms with Gasteiger partial charge in [-0.05, 0) is 23.8 Å². The van der Waals surface area contributed by atoms with E-state index >= 15 is 0 Å². The summed E-state index contributed by atoms with van der Waals surface area (Å²) < 4.78 is 0. The van der Waals surface area contributed by atoms with Gasteiger partial charge in [0.25, 0.3) is 0 Å². The monoisotopic (exact) mass is 148 g/mol. The summed E-state index contributed by atoms with van der Waals surface area (Å²) in [5, 5.41) is 0. The van der Waals surface area contributed by atoms with Crippen LogP contribution in [0.4, 0.5) is 0 Å². The standard InChI is InChI=1S/C9H8S/c1-2-6-9-8(4-1)5-3-7-10-9/h1-2,4,6H,3,7H2. The summed E-state index contributed by atoms with van der Waals surface area (Å²) in [7, 11) is 0. The maximum Gasteiger partial charge on any atom is 0.0185 e. The third-order valence-corrected chi connectivity index (χ3v) is 2.64. The molecule has 1 aromatic carbocycles. The molecule has 0 aromatic heterocycles. The van der Waals surface area contributed by atoms with Crippen LogP contribution < -0.4 is 0 Å². The van der Waals surface area contributed by atoms with E-state index in [9.17, 15) is 0 Å². The lowest BCUT2D eigenvalue weighted by atomic mass is 10.1. The molecule has 1 aliphatic heterocycles. The molecule has 0 N–H and O–H groups in total. The summed E-state index contributed by atoms with van der Waals surface area (Å²) in [5.41, 5.74) is 1.29. The fraction of sp³-hybridized carbons (Fsp3) is 0.222. The summed E-state index contributed by atoms with van der Waals surface area (Å²) >= 11 is 1.93. The van der Waals surface area contributed by atoms with Crippen LogP contribution in [0.25, 0.3) is 0 Å². The summed E-state index contributed by atoms with van der Waals surface area (Å²) in [6, 6.07) is 8.43. The van der Waals surface area contributed by atoms with Crippen molar-refractivity contribution in [1.82, 2.24) is 0 Å². The molecule has 50 valence electrons. The zero-order valence-corrected chi connectivity index (χ0v) is 6.45. The van der Waals surface area contributed by atoms with Crippen LogP contribution in [0.1, 0.15) is 12.0 Å². The van der Waals surface area contributed by atoms with E-state index < -0.39 is 0 Å². The molecule has 1 aromatic rings. The Hall–Kier alpha value is -0.430. The number of hydrogen-bond acceptors (Lipinski definition) is 1.